The van der Waals surface area contributed by atoms with Crippen LogP contribution in [0.15, 0.2) is 66.7 Å². The Morgan fingerprint density at radius 3 is 2.33 bits per heavy atom. The van der Waals surface area contributed by atoms with Gasteiger partial charge in [0.15, 0.2) is 5.78 Å². The summed E-state index contributed by atoms with van der Waals surface area (Å²) in [5.41, 5.74) is 8.03. The Balaban J connectivity index is 1.09. The number of Topliss-reactive ketones (excluding diaryl/α,β-unsaturated/α-hetero) is 1. The second kappa shape index (κ2) is 13.7. The molecule has 8 rings (SSSR count). The van der Waals surface area contributed by atoms with Crippen molar-refractivity contribution >= 4 is 22.5 Å². The van der Waals surface area contributed by atoms with Crippen LogP contribution in [0.1, 0.15) is 141 Å². The van der Waals surface area contributed by atoms with Crippen molar-refractivity contribution in [3.63, 3.8) is 0 Å². The van der Waals surface area contributed by atoms with E-state index in [2.05, 4.69) is 41.7 Å². The van der Waals surface area contributed by atoms with E-state index < -0.39 is 6.43 Å². The molecule has 3 nitrogen and oxygen atoms in total. The number of hydrogen-bond acceptors (Lipinski definition) is 3. The fraction of sp³-hybridized carbons (Fsp3) is 0.488. The molecule has 0 bridgehead atoms. The van der Waals surface area contributed by atoms with Gasteiger partial charge in [-0.3, -0.25) is 4.79 Å². The van der Waals surface area contributed by atoms with E-state index in [9.17, 15) is 13.6 Å². The highest BCUT2D eigenvalue weighted by Crippen LogP contribution is 2.52. The van der Waals surface area contributed by atoms with Gasteiger partial charge in [-0.05, 0) is 114 Å². The van der Waals surface area contributed by atoms with Gasteiger partial charge in [-0.1, -0.05) is 93.5 Å². The molecule has 1 unspecified atom stereocenters. The molecule has 5 heteroatoms. The van der Waals surface area contributed by atoms with E-state index in [4.69, 9.17) is 4.98 Å². The second-order valence-electron chi connectivity index (χ2n) is 15.3. The minimum Gasteiger partial charge on any atom is -0.366 e. The Hall–Kier alpha value is -3.60. The lowest BCUT2D eigenvalue weighted by atomic mass is 9.83. The lowest BCUT2D eigenvalue weighted by molar-refractivity contribution is 0.0970. The first-order valence-corrected chi connectivity index (χ1v) is 18.7. The number of aromatic nitrogens is 1. The molecule has 250 valence electrons. The number of carbonyl (C=O) groups is 1. The molecule has 4 aromatic rings. The summed E-state index contributed by atoms with van der Waals surface area (Å²) < 4.78 is 26.2. The van der Waals surface area contributed by atoms with Gasteiger partial charge in [-0.2, -0.15) is 0 Å². The number of hydrogen-bond donors (Lipinski definition) is 1. The van der Waals surface area contributed by atoms with Crippen molar-refractivity contribution in [1.29, 1.82) is 0 Å². The number of carbonyl (C=O) groups excluding carboxylic acids is 1. The lowest BCUT2D eigenvalue weighted by Crippen LogP contribution is -2.14. The molecule has 0 amide bonds. The van der Waals surface area contributed by atoms with Crippen LogP contribution in [0.4, 0.5) is 14.6 Å². The number of halogens is 2. The Morgan fingerprint density at radius 2 is 1.58 bits per heavy atom. The average Bonchev–Trinajstić information content (AvgIpc) is 4.04. The van der Waals surface area contributed by atoms with Crippen molar-refractivity contribution in [1.82, 2.24) is 4.98 Å². The third kappa shape index (κ3) is 6.93. The summed E-state index contributed by atoms with van der Waals surface area (Å²) in [5.74, 6) is 4.52. The van der Waals surface area contributed by atoms with Gasteiger partial charge in [-0.25, -0.2) is 13.8 Å². The highest BCUT2D eigenvalue weighted by molar-refractivity contribution is 6.09. The molecular weight excluding hydrogens is 598 g/mol. The summed E-state index contributed by atoms with van der Waals surface area (Å²) in [6, 6.07) is 21.7. The van der Waals surface area contributed by atoms with Crippen LogP contribution in [0.5, 0.6) is 0 Å². The summed E-state index contributed by atoms with van der Waals surface area (Å²) in [6.45, 7) is 0.442. The second-order valence-corrected chi connectivity index (χ2v) is 15.3. The molecule has 4 aliphatic carbocycles. The first-order valence-electron chi connectivity index (χ1n) is 18.7. The number of nitrogens with one attached hydrogen (secondary N) is 1. The topological polar surface area (TPSA) is 42.0 Å². The Bertz CT molecular complexity index is 1770. The molecule has 4 aliphatic rings. The summed E-state index contributed by atoms with van der Waals surface area (Å²) in [6.07, 6.45) is 15.0. The van der Waals surface area contributed by atoms with Gasteiger partial charge in [0, 0.05) is 29.5 Å². The quantitative estimate of drug-likeness (QED) is 0.147. The van der Waals surface area contributed by atoms with E-state index in [-0.39, 0.29) is 11.3 Å². The van der Waals surface area contributed by atoms with Crippen LogP contribution < -0.4 is 5.32 Å². The first kappa shape index (κ1) is 31.7. The normalized spacial score (nSPS) is 21.4. The van der Waals surface area contributed by atoms with Gasteiger partial charge in [0.05, 0.1) is 5.52 Å². The number of fused-ring (bicyclic) bond motifs is 1. The zero-order chi connectivity index (χ0) is 32.6. The number of alkyl halides is 2. The molecule has 3 aromatic carbocycles. The summed E-state index contributed by atoms with van der Waals surface area (Å²) in [7, 11) is 0. The van der Waals surface area contributed by atoms with Gasteiger partial charge >= 0.3 is 0 Å². The molecule has 2 atom stereocenters. The van der Waals surface area contributed by atoms with Crippen molar-refractivity contribution in [2.24, 2.45) is 17.8 Å². The largest absolute Gasteiger partial charge is 0.366 e. The molecule has 48 heavy (non-hydrogen) atoms. The highest BCUT2D eigenvalue weighted by atomic mass is 19.3. The van der Waals surface area contributed by atoms with Crippen molar-refractivity contribution in [2.45, 2.75) is 115 Å². The third-order valence-corrected chi connectivity index (χ3v) is 11.9. The van der Waals surface area contributed by atoms with E-state index in [1.54, 1.807) is 12.1 Å². The highest BCUT2D eigenvalue weighted by Gasteiger charge is 2.35. The van der Waals surface area contributed by atoms with Crippen LogP contribution in [-0.4, -0.2) is 10.8 Å². The molecule has 4 fully saturated rings. The van der Waals surface area contributed by atoms with Gasteiger partial charge in [0.2, 0.25) is 0 Å². The summed E-state index contributed by atoms with van der Waals surface area (Å²) in [5, 5.41) is 4.32. The van der Waals surface area contributed by atoms with Crippen LogP contribution in [0.3, 0.4) is 0 Å². The van der Waals surface area contributed by atoms with E-state index >= 15 is 0 Å². The van der Waals surface area contributed by atoms with Gasteiger partial charge in [0.25, 0.3) is 6.43 Å². The fourth-order valence-corrected chi connectivity index (χ4v) is 9.03. The monoisotopic (exact) mass is 646 g/mol. The Morgan fingerprint density at radius 1 is 0.812 bits per heavy atom. The minimum absolute atomic E-state index is 0.0199. The predicted octanol–water partition coefficient (Wildman–Crippen LogP) is 12.2. The molecular formula is C43H48F2N2O. The Labute approximate surface area is 283 Å². The first-order chi connectivity index (χ1) is 23.5. The van der Waals surface area contributed by atoms with E-state index in [0.29, 0.717) is 36.5 Å². The van der Waals surface area contributed by atoms with Crippen molar-refractivity contribution < 1.29 is 13.6 Å². The lowest BCUT2D eigenvalue weighted by Gasteiger charge is -2.22. The number of nitrogens with zero attached hydrogens (tertiary/aromatic N) is 1. The van der Waals surface area contributed by atoms with Crippen molar-refractivity contribution in [2.75, 3.05) is 5.32 Å². The number of ketones is 1. The zero-order valence-electron chi connectivity index (χ0n) is 28.0. The van der Waals surface area contributed by atoms with Crippen LogP contribution in [-0.2, 0) is 6.54 Å². The maximum Gasteiger partial charge on any atom is 0.263 e. The van der Waals surface area contributed by atoms with Crippen LogP contribution in [0.2, 0.25) is 0 Å². The fourth-order valence-electron chi connectivity index (χ4n) is 9.03. The van der Waals surface area contributed by atoms with E-state index in [1.165, 1.54) is 111 Å². The number of anilines is 1. The average molecular weight is 647 g/mol. The number of benzene rings is 3. The van der Waals surface area contributed by atoms with Crippen LogP contribution >= 0.6 is 0 Å². The maximum absolute atomic E-state index is 14.3. The SMILES string of the molecule is O=C(CCC1CCC[C@H]1CC1CCCC1)c1cc(NCc2ccc(C(F)F)cc2)nc2ccc(-c3cccc(C4CC4)c3C3CC3)cc12. The van der Waals surface area contributed by atoms with Crippen LogP contribution in [0, 0.1) is 17.8 Å². The maximum atomic E-state index is 14.3. The zero-order valence-corrected chi connectivity index (χ0v) is 28.0. The molecule has 0 saturated heterocycles. The predicted molar refractivity (Wildman–Crippen MR) is 191 cm³/mol. The third-order valence-electron chi connectivity index (χ3n) is 11.9. The van der Waals surface area contributed by atoms with Gasteiger partial charge in [0.1, 0.15) is 5.82 Å². The summed E-state index contributed by atoms with van der Waals surface area (Å²) in [4.78, 5) is 19.2. The molecule has 0 aliphatic heterocycles. The van der Waals surface area contributed by atoms with E-state index in [1.807, 2.05) is 6.07 Å². The molecule has 4 saturated carbocycles. The van der Waals surface area contributed by atoms with Crippen molar-refractivity contribution in [3.8, 4) is 11.1 Å². The minimum atomic E-state index is -2.48. The molecule has 1 N–H and O–H groups in total. The molecule has 0 radical (unpaired) electrons. The van der Waals surface area contributed by atoms with Crippen LogP contribution in [0.25, 0.3) is 22.0 Å². The van der Waals surface area contributed by atoms with Gasteiger partial charge < -0.3 is 5.32 Å². The van der Waals surface area contributed by atoms with E-state index in [0.717, 1.165) is 40.3 Å². The van der Waals surface area contributed by atoms with Gasteiger partial charge in [-0.15, -0.1) is 0 Å². The molecule has 1 heterocycles. The molecule has 0 spiro atoms. The van der Waals surface area contributed by atoms with Crippen molar-refractivity contribution in [3.05, 3.63) is 94.5 Å². The summed E-state index contributed by atoms with van der Waals surface area (Å²) >= 11 is 0. The standard InChI is InChI=1S/C43H48F2N2O/c44-43(45)32-13-11-28(12-14-32)26-46-41-25-38(40(48)22-20-29-7-3-8-33(29)23-27-5-1-2-6-27)37-24-34(19-21-39(37)47-41)36-10-4-9-35(30-15-16-30)42(36)31-17-18-31/h4,9-14,19,21,24-25,27,29-31,33,43H,1-3,5-8,15-18,20,22-23,26H2,(H,46,47)/t29?,33-/m0/s1. The number of rotatable bonds is 13. The Kier molecular flexibility index (Phi) is 9.05. The smallest absolute Gasteiger partial charge is 0.263 e. The number of pyridine rings is 1. The molecule has 1 aromatic heterocycles.